The highest BCUT2D eigenvalue weighted by molar-refractivity contribution is 5.75. The van der Waals surface area contributed by atoms with Gasteiger partial charge < -0.3 is 10.6 Å². The van der Waals surface area contributed by atoms with Crippen LogP contribution in [0.5, 0.6) is 0 Å². The standard InChI is InChI=1S/C13H18FN3O3/c1-2-6-16-13(18)5-7-15-9-10-3-4-12(17(19)20)11(14)8-10/h3-4,8,15H,2,5-7,9H2,1H3,(H,16,18). The summed E-state index contributed by atoms with van der Waals surface area (Å²) in [5.74, 6) is -0.885. The van der Waals surface area contributed by atoms with Gasteiger partial charge in [0.2, 0.25) is 11.7 Å². The van der Waals surface area contributed by atoms with E-state index in [1.807, 2.05) is 6.92 Å². The molecule has 0 bridgehead atoms. The zero-order chi connectivity index (χ0) is 15.0. The molecule has 0 aliphatic heterocycles. The van der Waals surface area contributed by atoms with Gasteiger partial charge in [0.25, 0.3) is 0 Å². The van der Waals surface area contributed by atoms with Gasteiger partial charge in [-0.05, 0) is 18.1 Å². The molecule has 2 N–H and O–H groups in total. The zero-order valence-electron chi connectivity index (χ0n) is 11.3. The lowest BCUT2D eigenvalue weighted by Crippen LogP contribution is -2.28. The molecule has 1 aromatic rings. The first-order valence-electron chi connectivity index (χ1n) is 6.44. The molecule has 0 saturated heterocycles. The van der Waals surface area contributed by atoms with E-state index in [2.05, 4.69) is 10.6 Å². The molecule has 0 unspecified atom stereocenters. The monoisotopic (exact) mass is 283 g/mol. The Morgan fingerprint density at radius 1 is 1.40 bits per heavy atom. The van der Waals surface area contributed by atoms with Crippen LogP contribution in [0.15, 0.2) is 18.2 Å². The fraction of sp³-hybridized carbons (Fsp3) is 0.462. The van der Waals surface area contributed by atoms with Crippen LogP contribution < -0.4 is 10.6 Å². The van der Waals surface area contributed by atoms with Crippen molar-refractivity contribution in [2.45, 2.75) is 26.3 Å². The highest BCUT2D eigenvalue weighted by atomic mass is 19.1. The van der Waals surface area contributed by atoms with Crippen molar-refractivity contribution in [1.29, 1.82) is 0 Å². The number of nitro benzene ring substituents is 1. The second-order valence-corrected chi connectivity index (χ2v) is 4.32. The van der Waals surface area contributed by atoms with E-state index in [0.29, 0.717) is 31.6 Å². The largest absolute Gasteiger partial charge is 0.356 e. The van der Waals surface area contributed by atoms with Crippen molar-refractivity contribution in [1.82, 2.24) is 10.6 Å². The van der Waals surface area contributed by atoms with Gasteiger partial charge in [0.05, 0.1) is 4.92 Å². The van der Waals surface area contributed by atoms with Crippen LogP contribution in [0, 0.1) is 15.9 Å². The van der Waals surface area contributed by atoms with Crippen LogP contribution in [0.3, 0.4) is 0 Å². The van der Waals surface area contributed by atoms with Crippen LogP contribution in [0.4, 0.5) is 10.1 Å². The smallest absolute Gasteiger partial charge is 0.304 e. The average Bonchev–Trinajstić information content (AvgIpc) is 2.41. The minimum atomic E-state index is -0.852. The van der Waals surface area contributed by atoms with Gasteiger partial charge in [0.15, 0.2) is 0 Å². The van der Waals surface area contributed by atoms with Crippen LogP contribution in [0.2, 0.25) is 0 Å². The summed E-state index contributed by atoms with van der Waals surface area (Å²) in [6, 6.07) is 3.76. The van der Waals surface area contributed by atoms with Crippen molar-refractivity contribution in [3.63, 3.8) is 0 Å². The molecular weight excluding hydrogens is 265 g/mol. The quantitative estimate of drug-likeness (QED) is 0.432. The highest BCUT2D eigenvalue weighted by Crippen LogP contribution is 2.17. The predicted molar refractivity (Wildman–Crippen MR) is 72.7 cm³/mol. The molecule has 1 rings (SSSR count). The molecule has 0 radical (unpaired) electrons. The minimum absolute atomic E-state index is 0.0331. The second kappa shape index (κ2) is 8.21. The summed E-state index contributed by atoms with van der Waals surface area (Å²) >= 11 is 0. The first kappa shape index (κ1) is 16.0. The number of nitro groups is 1. The lowest BCUT2D eigenvalue weighted by Gasteiger charge is -2.06. The molecular formula is C13H18FN3O3. The number of benzene rings is 1. The lowest BCUT2D eigenvalue weighted by molar-refractivity contribution is -0.387. The van der Waals surface area contributed by atoms with Crippen molar-refractivity contribution in [3.05, 3.63) is 39.7 Å². The highest BCUT2D eigenvalue weighted by Gasteiger charge is 2.13. The predicted octanol–water partition coefficient (Wildman–Crippen LogP) is 1.74. The molecule has 1 amide bonds. The Labute approximate surface area is 116 Å². The van der Waals surface area contributed by atoms with Crippen molar-refractivity contribution >= 4 is 11.6 Å². The number of halogens is 1. The van der Waals surface area contributed by atoms with Crippen LogP contribution in [0.25, 0.3) is 0 Å². The van der Waals surface area contributed by atoms with Crippen LogP contribution in [0.1, 0.15) is 25.3 Å². The lowest BCUT2D eigenvalue weighted by atomic mass is 10.2. The second-order valence-electron chi connectivity index (χ2n) is 4.32. The molecule has 20 heavy (non-hydrogen) atoms. The molecule has 0 aliphatic rings. The van der Waals surface area contributed by atoms with Gasteiger partial charge in [0.1, 0.15) is 0 Å². The van der Waals surface area contributed by atoms with Gasteiger partial charge >= 0.3 is 5.69 Å². The third-order valence-electron chi connectivity index (χ3n) is 2.64. The number of nitrogens with zero attached hydrogens (tertiary/aromatic N) is 1. The molecule has 0 atom stereocenters. The van der Waals surface area contributed by atoms with E-state index in [4.69, 9.17) is 0 Å². The maximum atomic E-state index is 13.3. The van der Waals surface area contributed by atoms with Gasteiger partial charge in [-0.3, -0.25) is 14.9 Å². The maximum absolute atomic E-state index is 13.3. The number of hydrogen-bond acceptors (Lipinski definition) is 4. The fourth-order valence-electron chi connectivity index (χ4n) is 1.60. The number of carbonyl (C=O) groups is 1. The van der Waals surface area contributed by atoms with Gasteiger partial charge in [-0.2, -0.15) is 4.39 Å². The summed E-state index contributed by atoms with van der Waals surface area (Å²) in [6.45, 7) is 3.46. The summed E-state index contributed by atoms with van der Waals surface area (Å²) in [4.78, 5) is 21.0. The SMILES string of the molecule is CCCNC(=O)CCNCc1ccc([N+](=O)[O-])c(F)c1. The van der Waals surface area contributed by atoms with Crippen molar-refractivity contribution in [2.24, 2.45) is 0 Å². The molecule has 0 heterocycles. The molecule has 6 nitrogen and oxygen atoms in total. The summed E-state index contributed by atoms with van der Waals surface area (Å²) in [5.41, 5.74) is 0.0646. The Bertz CT molecular complexity index is 480. The zero-order valence-corrected chi connectivity index (χ0v) is 11.3. The van der Waals surface area contributed by atoms with Crippen LogP contribution >= 0.6 is 0 Å². The maximum Gasteiger partial charge on any atom is 0.304 e. The number of hydrogen-bond donors (Lipinski definition) is 2. The number of amides is 1. The Morgan fingerprint density at radius 3 is 2.75 bits per heavy atom. The van der Waals surface area contributed by atoms with Gasteiger partial charge in [0, 0.05) is 32.1 Å². The average molecular weight is 283 g/mol. The molecule has 0 fully saturated rings. The van der Waals surface area contributed by atoms with Crippen molar-refractivity contribution < 1.29 is 14.1 Å². The number of rotatable bonds is 8. The Kier molecular flexibility index (Phi) is 6.58. The Hall–Kier alpha value is -2.02. The molecule has 1 aromatic carbocycles. The normalized spacial score (nSPS) is 10.3. The van der Waals surface area contributed by atoms with E-state index in [0.717, 1.165) is 18.6 Å². The van der Waals surface area contributed by atoms with Gasteiger partial charge in [-0.25, -0.2) is 0 Å². The Morgan fingerprint density at radius 2 is 2.15 bits per heavy atom. The van der Waals surface area contributed by atoms with Crippen LogP contribution in [-0.4, -0.2) is 23.9 Å². The Balaban J connectivity index is 2.34. The minimum Gasteiger partial charge on any atom is -0.356 e. The number of nitrogens with one attached hydrogen (secondary N) is 2. The molecule has 110 valence electrons. The van der Waals surface area contributed by atoms with Crippen molar-refractivity contribution in [2.75, 3.05) is 13.1 Å². The van der Waals surface area contributed by atoms with Crippen LogP contribution in [-0.2, 0) is 11.3 Å². The first-order valence-corrected chi connectivity index (χ1v) is 6.44. The van der Waals surface area contributed by atoms with E-state index in [-0.39, 0.29) is 5.91 Å². The fourth-order valence-corrected chi connectivity index (χ4v) is 1.60. The van der Waals surface area contributed by atoms with Gasteiger partial charge in [-0.15, -0.1) is 0 Å². The molecule has 7 heteroatoms. The number of carbonyl (C=O) groups excluding carboxylic acids is 1. The van der Waals surface area contributed by atoms with E-state index < -0.39 is 16.4 Å². The van der Waals surface area contributed by atoms with E-state index in [1.54, 1.807) is 0 Å². The molecule has 0 spiro atoms. The molecule has 0 aliphatic carbocycles. The van der Waals surface area contributed by atoms with E-state index in [1.165, 1.54) is 6.07 Å². The summed E-state index contributed by atoms with van der Waals surface area (Å²) in [7, 11) is 0. The van der Waals surface area contributed by atoms with E-state index >= 15 is 0 Å². The summed E-state index contributed by atoms with van der Waals surface area (Å²) < 4.78 is 13.3. The topological polar surface area (TPSA) is 84.3 Å². The summed E-state index contributed by atoms with van der Waals surface area (Å²) in [6.07, 6.45) is 1.23. The first-order chi connectivity index (χ1) is 9.54. The third-order valence-corrected chi connectivity index (χ3v) is 2.64. The summed E-state index contributed by atoms with van der Waals surface area (Å²) in [5, 5.41) is 16.2. The van der Waals surface area contributed by atoms with Gasteiger partial charge in [-0.1, -0.05) is 13.0 Å². The van der Waals surface area contributed by atoms with Crippen molar-refractivity contribution in [3.8, 4) is 0 Å². The third kappa shape index (κ3) is 5.31. The molecule has 0 saturated carbocycles. The van der Waals surface area contributed by atoms with E-state index in [9.17, 15) is 19.3 Å². The molecule has 0 aromatic heterocycles.